The van der Waals surface area contributed by atoms with E-state index in [1.165, 1.54) is 30.5 Å². The lowest BCUT2D eigenvalue weighted by molar-refractivity contribution is 0.0973. The lowest BCUT2D eigenvalue weighted by atomic mass is 10.1. The number of nitriles is 1. The molecule has 0 aliphatic heterocycles. The van der Waals surface area contributed by atoms with Crippen LogP contribution in [0.4, 0.5) is 0 Å². The van der Waals surface area contributed by atoms with Crippen molar-refractivity contribution >= 4 is 11.8 Å². The minimum atomic E-state index is -0.614. The standard InChI is InChI=1S/C9H7N3O2/c10-5-12-9(14)7-3-1-2-6(4-7)8(11)13/h1-4H,(H2,11,13)(H,12,14). The van der Waals surface area contributed by atoms with E-state index in [2.05, 4.69) is 0 Å². The SMILES string of the molecule is N#CNC(=O)c1cccc(C(N)=O)c1. The zero-order valence-corrected chi connectivity index (χ0v) is 7.15. The first kappa shape index (κ1) is 9.74. The third-order valence-corrected chi connectivity index (χ3v) is 1.58. The van der Waals surface area contributed by atoms with Crippen molar-refractivity contribution in [2.24, 2.45) is 5.73 Å². The molecule has 0 bridgehead atoms. The Bertz CT molecular complexity index is 420. The van der Waals surface area contributed by atoms with E-state index in [1.54, 1.807) is 0 Å². The molecular weight excluding hydrogens is 182 g/mol. The second kappa shape index (κ2) is 4.05. The molecule has 0 radical (unpaired) electrons. The molecule has 3 N–H and O–H groups in total. The van der Waals surface area contributed by atoms with E-state index in [0.29, 0.717) is 0 Å². The van der Waals surface area contributed by atoms with Gasteiger partial charge in [-0.2, -0.15) is 5.26 Å². The van der Waals surface area contributed by atoms with Crippen LogP contribution in [0.15, 0.2) is 24.3 Å². The highest BCUT2D eigenvalue weighted by atomic mass is 16.2. The summed E-state index contributed by atoms with van der Waals surface area (Å²) in [6, 6.07) is 5.83. The van der Waals surface area contributed by atoms with E-state index in [1.807, 2.05) is 5.32 Å². The summed E-state index contributed by atoms with van der Waals surface area (Å²) in [6.07, 6.45) is 1.50. The van der Waals surface area contributed by atoms with Crippen LogP contribution in [0, 0.1) is 11.5 Å². The van der Waals surface area contributed by atoms with Crippen LogP contribution in [0.1, 0.15) is 20.7 Å². The van der Waals surface area contributed by atoms with Crippen LogP contribution in [0.25, 0.3) is 0 Å². The number of nitrogens with two attached hydrogens (primary N) is 1. The van der Waals surface area contributed by atoms with E-state index >= 15 is 0 Å². The smallest absolute Gasteiger partial charge is 0.264 e. The van der Waals surface area contributed by atoms with Gasteiger partial charge < -0.3 is 5.73 Å². The molecule has 0 aromatic heterocycles. The molecule has 0 saturated heterocycles. The molecule has 0 saturated carbocycles. The van der Waals surface area contributed by atoms with Crippen molar-refractivity contribution in [1.29, 1.82) is 5.26 Å². The highest BCUT2D eigenvalue weighted by Gasteiger charge is 2.07. The Balaban J connectivity index is 3.01. The van der Waals surface area contributed by atoms with Crippen LogP contribution in [0.2, 0.25) is 0 Å². The molecule has 1 aromatic carbocycles. The van der Waals surface area contributed by atoms with Crippen molar-refractivity contribution in [3.05, 3.63) is 35.4 Å². The van der Waals surface area contributed by atoms with Crippen molar-refractivity contribution in [2.75, 3.05) is 0 Å². The van der Waals surface area contributed by atoms with E-state index in [9.17, 15) is 9.59 Å². The summed E-state index contributed by atoms with van der Waals surface area (Å²) in [4.78, 5) is 21.9. The molecular formula is C9H7N3O2. The maximum absolute atomic E-state index is 11.1. The van der Waals surface area contributed by atoms with Gasteiger partial charge in [-0.3, -0.25) is 14.9 Å². The number of rotatable bonds is 2. The first-order chi connectivity index (χ1) is 6.65. The summed E-state index contributed by atoms with van der Waals surface area (Å²) in [7, 11) is 0. The largest absolute Gasteiger partial charge is 0.366 e. The molecule has 0 fully saturated rings. The quantitative estimate of drug-likeness (QED) is 0.506. The second-order valence-electron chi connectivity index (χ2n) is 2.51. The van der Waals surface area contributed by atoms with Gasteiger partial charge in [0, 0.05) is 11.1 Å². The molecule has 70 valence electrons. The minimum absolute atomic E-state index is 0.225. The number of hydrogen-bond acceptors (Lipinski definition) is 3. The van der Waals surface area contributed by atoms with E-state index in [4.69, 9.17) is 11.0 Å². The van der Waals surface area contributed by atoms with Crippen molar-refractivity contribution in [2.45, 2.75) is 0 Å². The lowest BCUT2D eigenvalue weighted by Crippen LogP contribution is -2.18. The van der Waals surface area contributed by atoms with Gasteiger partial charge in [0.1, 0.15) is 0 Å². The van der Waals surface area contributed by atoms with Gasteiger partial charge >= 0.3 is 0 Å². The average Bonchev–Trinajstić information content (AvgIpc) is 2.18. The van der Waals surface area contributed by atoms with Crippen LogP contribution >= 0.6 is 0 Å². The van der Waals surface area contributed by atoms with Gasteiger partial charge in [-0.25, -0.2) is 0 Å². The van der Waals surface area contributed by atoms with Gasteiger partial charge in [0.15, 0.2) is 6.19 Å². The summed E-state index contributed by atoms with van der Waals surface area (Å²) >= 11 is 0. The Kier molecular flexibility index (Phi) is 2.82. The van der Waals surface area contributed by atoms with Crippen LogP contribution in [0.3, 0.4) is 0 Å². The zero-order chi connectivity index (χ0) is 10.6. The molecule has 5 heteroatoms. The number of primary amides is 1. The Labute approximate surface area is 80.1 Å². The van der Waals surface area contributed by atoms with Crippen LogP contribution in [0.5, 0.6) is 0 Å². The Morgan fingerprint density at radius 3 is 2.57 bits per heavy atom. The number of nitrogens with zero attached hydrogens (tertiary/aromatic N) is 1. The fraction of sp³-hybridized carbons (Fsp3) is 0. The lowest BCUT2D eigenvalue weighted by Gasteiger charge is -1.99. The maximum atomic E-state index is 11.1. The first-order valence-corrected chi connectivity index (χ1v) is 3.74. The summed E-state index contributed by atoms with van der Waals surface area (Å²) in [5.74, 6) is -1.17. The third kappa shape index (κ3) is 2.08. The number of carbonyl (C=O) groups is 2. The van der Waals surface area contributed by atoms with Gasteiger partial charge in [-0.15, -0.1) is 0 Å². The predicted molar refractivity (Wildman–Crippen MR) is 48.0 cm³/mol. The van der Waals surface area contributed by atoms with Gasteiger partial charge in [0.05, 0.1) is 0 Å². The van der Waals surface area contributed by atoms with Crippen molar-refractivity contribution in [3.63, 3.8) is 0 Å². The van der Waals surface area contributed by atoms with E-state index < -0.39 is 11.8 Å². The molecule has 1 rings (SSSR count). The topological polar surface area (TPSA) is 96.0 Å². The predicted octanol–water partition coefficient (Wildman–Crippen LogP) is -0.00362. The van der Waals surface area contributed by atoms with Crippen molar-refractivity contribution < 1.29 is 9.59 Å². The molecule has 14 heavy (non-hydrogen) atoms. The van der Waals surface area contributed by atoms with Crippen LogP contribution in [-0.4, -0.2) is 11.8 Å². The Hall–Kier alpha value is -2.35. The van der Waals surface area contributed by atoms with Crippen LogP contribution in [-0.2, 0) is 0 Å². The fourth-order valence-corrected chi connectivity index (χ4v) is 0.937. The number of benzene rings is 1. The van der Waals surface area contributed by atoms with Gasteiger partial charge in [-0.05, 0) is 18.2 Å². The van der Waals surface area contributed by atoms with Gasteiger partial charge in [0.2, 0.25) is 5.91 Å². The maximum Gasteiger partial charge on any atom is 0.264 e. The van der Waals surface area contributed by atoms with E-state index in [0.717, 1.165) is 0 Å². The van der Waals surface area contributed by atoms with Gasteiger partial charge in [-0.1, -0.05) is 6.07 Å². The molecule has 2 amide bonds. The molecule has 5 nitrogen and oxygen atoms in total. The molecule has 0 aliphatic rings. The summed E-state index contributed by atoms with van der Waals surface area (Å²) in [5, 5.41) is 10.1. The zero-order valence-electron chi connectivity index (χ0n) is 7.15. The summed E-state index contributed by atoms with van der Waals surface area (Å²) < 4.78 is 0. The average molecular weight is 189 g/mol. The number of hydrogen-bond donors (Lipinski definition) is 2. The third-order valence-electron chi connectivity index (χ3n) is 1.58. The number of nitrogens with one attached hydrogen (secondary N) is 1. The molecule has 0 aliphatic carbocycles. The summed E-state index contributed by atoms with van der Waals surface area (Å²) in [6.45, 7) is 0. The normalized spacial score (nSPS) is 8.79. The van der Waals surface area contributed by atoms with E-state index in [-0.39, 0.29) is 11.1 Å². The fourth-order valence-electron chi connectivity index (χ4n) is 0.937. The van der Waals surface area contributed by atoms with Crippen molar-refractivity contribution in [3.8, 4) is 6.19 Å². The van der Waals surface area contributed by atoms with Crippen LogP contribution < -0.4 is 11.1 Å². The molecule has 0 spiro atoms. The van der Waals surface area contributed by atoms with Gasteiger partial charge in [0.25, 0.3) is 5.91 Å². The first-order valence-electron chi connectivity index (χ1n) is 3.74. The van der Waals surface area contributed by atoms with Crippen molar-refractivity contribution in [1.82, 2.24) is 5.32 Å². The molecule has 0 atom stereocenters. The summed E-state index contributed by atoms with van der Waals surface area (Å²) in [5.41, 5.74) is 5.48. The second-order valence-corrected chi connectivity index (χ2v) is 2.51. The number of carbonyl (C=O) groups excluding carboxylic acids is 2. The minimum Gasteiger partial charge on any atom is -0.366 e. The Morgan fingerprint density at radius 2 is 2.00 bits per heavy atom. The monoisotopic (exact) mass is 189 g/mol. The highest BCUT2D eigenvalue weighted by Crippen LogP contribution is 2.04. The molecule has 0 heterocycles. The molecule has 1 aromatic rings. The number of amides is 2. The Morgan fingerprint density at radius 1 is 1.36 bits per heavy atom. The highest BCUT2D eigenvalue weighted by molar-refractivity contribution is 5.99. The molecule has 0 unspecified atom stereocenters.